The lowest BCUT2D eigenvalue weighted by atomic mass is 10.1. The summed E-state index contributed by atoms with van der Waals surface area (Å²) in [5, 5.41) is 6.88. The second kappa shape index (κ2) is 12.4. The molecule has 0 spiro atoms. The van der Waals surface area contributed by atoms with Gasteiger partial charge < -0.3 is 20.3 Å². The summed E-state index contributed by atoms with van der Waals surface area (Å²) < 4.78 is 5.69. The van der Waals surface area contributed by atoms with Crippen LogP contribution in [-0.4, -0.2) is 55.6 Å². The monoisotopic (exact) mass is 528 g/mol. The molecule has 30 heavy (non-hydrogen) atoms. The van der Waals surface area contributed by atoms with E-state index in [1.54, 1.807) is 7.05 Å². The molecule has 1 aromatic carbocycles. The van der Waals surface area contributed by atoms with Crippen molar-refractivity contribution in [1.29, 1.82) is 0 Å². The fourth-order valence-corrected chi connectivity index (χ4v) is 4.23. The number of guanidine groups is 1. The van der Waals surface area contributed by atoms with E-state index in [1.807, 2.05) is 30.9 Å². The Hall–Kier alpha value is -1.51. The van der Waals surface area contributed by atoms with Crippen molar-refractivity contribution in [3.8, 4) is 5.75 Å². The van der Waals surface area contributed by atoms with Crippen LogP contribution < -0.4 is 15.4 Å². The largest absolute Gasteiger partial charge is 0.491 e. The molecular weight excluding hydrogens is 491 g/mol. The summed E-state index contributed by atoms with van der Waals surface area (Å²) in [5.74, 6) is 2.35. The molecule has 1 aliphatic carbocycles. The molecule has 2 N–H and O–H groups in total. The first-order valence-electron chi connectivity index (χ1n) is 11.1. The van der Waals surface area contributed by atoms with E-state index in [9.17, 15) is 4.79 Å². The topological polar surface area (TPSA) is 66.0 Å². The molecule has 1 saturated heterocycles. The average Bonchev–Trinajstić information content (AvgIpc) is 3.40. The predicted octanol–water partition coefficient (Wildman–Crippen LogP) is 3.59. The van der Waals surface area contributed by atoms with Crippen molar-refractivity contribution in [3.63, 3.8) is 0 Å². The van der Waals surface area contributed by atoms with Gasteiger partial charge in [-0.25, -0.2) is 0 Å². The van der Waals surface area contributed by atoms with Crippen LogP contribution in [0.25, 0.3) is 0 Å². The van der Waals surface area contributed by atoms with Crippen LogP contribution in [0.3, 0.4) is 0 Å². The van der Waals surface area contributed by atoms with Crippen LogP contribution in [-0.2, 0) is 11.2 Å². The minimum Gasteiger partial charge on any atom is -0.491 e. The van der Waals surface area contributed by atoms with Crippen molar-refractivity contribution in [2.45, 2.75) is 64.5 Å². The maximum Gasteiger partial charge on any atom is 0.225 e. The standard InChI is InChI=1S/C23H36N4O2.HI/c1-17(2)29-21-10-8-18(9-11-21)12-14-25-23(24-3)26-20-13-15-27(16-20)22(28)19-6-4-5-7-19;/h8-11,17,19-20H,4-7,12-16H2,1-3H3,(H2,24,25,26);1H. The molecule has 1 unspecified atom stereocenters. The van der Waals surface area contributed by atoms with Gasteiger partial charge in [0.15, 0.2) is 5.96 Å². The van der Waals surface area contributed by atoms with Gasteiger partial charge in [-0.2, -0.15) is 0 Å². The van der Waals surface area contributed by atoms with Gasteiger partial charge in [0.1, 0.15) is 5.75 Å². The first-order chi connectivity index (χ1) is 14.0. The highest BCUT2D eigenvalue weighted by Crippen LogP contribution is 2.27. The first-order valence-corrected chi connectivity index (χ1v) is 11.1. The molecule has 0 aromatic heterocycles. The number of carbonyl (C=O) groups excluding carboxylic acids is 1. The Labute approximate surface area is 198 Å². The molecule has 1 saturated carbocycles. The predicted molar refractivity (Wildman–Crippen MR) is 133 cm³/mol. The summed E-state index contributed by atoms with van der Waals surface area (Å²) in [6.07, 6.45) is 6.64. The highest BCUT2D eigenvalue weighted by molar-refractivity contribution is 14.0. The molecule has 1 heterocycles. The second-order valence-electron chi connectivity index (χ2n) is 8.46. The van der Waals surface area contributed by atoms with Gasteiger partial charge in [-0.1, -0.05) is 25.0 Å². The third-order valence-electron chi connectivity index (χ3n) is 5.77. The lowest BCUT2D eigenvalue weighted by molar-refractivity contribution is -0.134. The van der Waals surface area contributed by atoms with E-state index >= 15 is 0 Å². The Bertz CT molecular complexity index is 687. The lowest BCUT2D eigenvalue weighted by Crippen LogP contribution is -2.45. The number of hydrogen-bond donors (Lipinski definition) is 2. The maximum absolute atomic E-state index is 12.6. The molecule has 2 fully saturated rings. The number of hydrogen-bond acceptors (Lipinski definition) is 3. The third-order valence-corrected chi connectivity index (χ3v) is 5.77. The summed E-state index contributed by atoms with van der Waals surface area (Å²) in [7, 11) is 1.80. The Kier molecular flexibility index (Phi) is 10.2. The van der Waals surface area contributed by atoms with Crippen molar-refractivity contribution in [2.24, 2.45) is 10.9 Å². The number of amides is 1. The fraction of sp³-hybridized carbons (Fsp3) is 0.652. The number of nitrogens with one attached hydrogen (secondary N) is 2. The van der Waals surface area contributed by atoms with Gasteiger partial charge in [-0.15, -0.1) is 24.0 Å². The highest BCUT2D eigenvalue weighted by Gasteiger charge is 2.32. The summed E-state index contributed by atoms with van der Waals surface area (Å²) in [4.78, 5) is 19.0. The normalized spacial score (nSPS) is 19.7. The quantitative estimate of drug-likeness (QED) is 0.323. The maximum atomic E-state index is 12.6. The molecular formula is C23H37IN4O2. The van der Waals surface area contributed by atoms with Crippen molar-refractivity contribution in [1.82, 2.24) is 15.5 Å². The van der Waals surface area contributed by atoms with Crippen LogP contribution in [0.1, 0.15) is 51.5 Å². The molecule has 6 nitrogen and oxygen atoms in total. The molecule has 1 amide bonds. The van der Waals surface area contributed by atoms with Gasteiger partial charge in [0.2, 0.25) is 5.91 Å². The van der Waals surface area contributed by atoms with Gasteiger partial charge in [-0.3, -0.25) is 9.79 Å². The SMILES string of the molecule is CN=C(NCCc1ccc(OC(C)C)cc1)NC1CCN(C(=O)C2CCCC2)C1.I. The number of halogens is 1. The van der Waals surface area contributed by atoms with E-state index in [-0.39, 0.29) is 42.0 Å². The molecule has 1 atom stereocenters. The zero-order valence-corrected chi connectivity index (χ0v) is 20.9. The first kappa shape index (κ1) is 24.8. The van der Waals surface area contributed by atoms with Crippen molar-refractivity contribution in [2.75, 3.05) is 26.7 Å². The zero-order valence-electron chi connectivity index (χ0n) is 18.5. The van der Waals surface area contributed by atoms with E-state index in [2.05, 4.69) is 27.8 Å². The highest BCUT2D eigenvalue weighted by atomic mass is 127. The van der Waals surface area contributed by atoms with Crippen LogP contribution >= 0.6 is 24.0 Å². The van der Waals surface area contributed by atoms with E-state index in [4.69, 9.17) is 4.74 Å². The molecule has 1 aromatic rings. The van der Waals surface area contributed by atoms with Gasteiger partial charge in [0.05, 0.1) is 6.10 Å². The number of rotatable bonds is 7. The molecule has 7 heteroatoms. The number of aliphatic imine (C=N–C) groups is 1. The Balaban J connectivity index is 0.00000320. The Morgan fingerprint density at radius 2 is 1.90 bits per heavy atom. The number of benzene rings is 1. The van der Waals surface area contributed by atoms with Crippen LogP contribution in [0.2, 0.25) is 0 Å². The van der Waals surface area contributed by atoms with E-state index < -0.39 is 0 Å². The van der Waals surface area contributed by atoms with Crippen LogP contribution in [0, 0.1) is 5.92 Å². The summed E-state index contributed by atoms with van der Waals surface area (Å²) in [6, 6.07) is 8.55. The van der Waals surface area contributed by atoms with Gasteiger partial charge in [-0.05, 0) is 57.2 Å². The minimum absolute atomic E-state index is 0. The fourth-order valence-electron chi connectivity index (χ4n) is 4.23. The number of likely N-dealkylation sites (tertiary alicyclic amines) is 1. The summed E-state index contributed by atoms with van der Waals surface area (Å²) in [6.45, 7) is 6.51. The van der Waals surface area contributed by atoms with Crippen LogP contribution in [0.4, 0.5) is 0 Å². The smallest absolute Gasteiger partial charge is 0.225 e. The molecule has 3 rings (SSSR count). The summed E-state index contributed by atoms with van der Waals surface area (Å²) in [5.41, 5.74) is 1.26. The second-order valence-corrected chi connectivity index (χ2v) is 8.46. The van der Waals surface area contributed by atoms with Crippen LogP contribution in [0.5, 0.6) is 5.75 Å². The van der Waals surface area contributed by atoms with Gasteiger partial charge in [0, 0.05) is 38.6 Å². The number of carbonyl (C=O) groups is 1. The van der Waals surface area contributed by atoms with Crippen molar-refractivity contribution >= 4 is 35.8 Å². The van der Waals surface area contributed by atoms with E-state index in [1.165, 1.54) is 18.4 Å². The average molecular weight is 528 g/mol. The number of ether oxygens (including phenoxy) is 1. The van der Waals surface area contributed by atoms with Crippen molar-refractivity contribution < 1.29 is 9.53 Å². The molecule has 1 aliphatic heterocycles. The van der Waals surface area contributed by atoms with Gasteiger partial charge in [0.25, 0.3) is 0 Å². The van der Waals surface area contributed by atoms with Crippen LogP contribution in [0.15, 0.2) is 29.3 Å². The Morgan fingerprint density at radius 1 is 1.20 bits per heavy atom. The Morgan fingerprint density at radius 3 is 2.53 bits per heavy atom. The summed E-state index contributed by atoms with van der Waals surface area (Å²) >= 11 is 0. The van der Waals surface area contributed by atoms with Crippen molar-refractivity contribution in [3.05, 3.63) is 29.8 Å². The minimum atomic E-state index is 0. The number of nitrogens with zero attached hydrogens (tertiary/aromatic N) is 2. The third kappa shape index (κ3) is 7.32. The van der Waals surface area contributed by atoms with E-state index in [0.717, 1.165) is 57.0 Å². The molecule has 2 aliphatic rings. The zero-order chi connectivity index (χ0) is 20.6. The molecule has 168 valence electrons. The molecule has 0 bridgehead atoms. The van der Waals surface area contributed by atoms with E-state index in [0.29, 0.717) is 5.91 Å². The molecule has 0 radical (unpaired) electrons. The van der Waals surface area contributed by atoms with Gasteiger partial charge >= 0.3 is 0 Å². The lowest BCUT2D eigenvalue weighted by Gasteiger charge is -2.21.